The molecule has 154 valence electrons. The lowest BCUT2D eigenvalue weighted by atomic mass is 10.1. The molecule has 3 rings (SSSR count). The maximum Gasteiger partial charge on any atom is 0.227 e. The van der Waals surface area contributed by atoms with E-state index in [4.69, 9.17) is 4.74 Å². The number of nitrogens with zero attached hydrogens (tertiary/aromatic N) is 1. The molecule has 1 aliphatic heterocycles. The second-order valence-corrected chi connectivity index (χ2v) is 7.01. The van der Waals surface area contributed by atoms with E-state index >= 15 is 0 Å². The van der Waals surface area contributed by atoms with Crippen LogP contribution < -0.4 is 15.0 Å². The van der Waals surface area contributed by atoms with Crippen molar-refractivity contribution in [2.75, 3.05) is 25.1 Å². The van der Waals surface area contributed by atoms with Crippen LogP contribution in [-0.4, -0.2) is 37.1 Å². The number of halogens is 2. The number of carbonyl (C=O) groups is 2. The molecule has 6 nitrogen and oxygen atoms in total. The van der Waals surface area contributed by atoms with Crippen LogP contribution in [0.15, 0.2) is 36.4 Å². The Morgan fingerprint density at radius 1 is 1.31 bits per heavy atom. The van der Waals surface area contributed by atoms with E-state index in [1.165, 1.54) is 12.0 Å². The van der Waals surface area contributed by atoms with Gasteiger partial charge >= 0.3 is 0 Å². The summed E-state index contributed by atoms with van der Waals surface area (Å²) >= 11 is 0. The van der Waals surface area contributed by atoms with Gasteiger partial charge in [0.2, 0.25) is 11.8 Å². The quantitative estimate of drug-likeness (QED) is 0.776. The zero-order valence-electron chi connectivity index (χ0n) is 16.1. The summed E-state index contributed by atoms with van der Waals surface area (Å²) in [6.45, 7) is 1.81. The van der Waals surface area contributed by atoms with Crippen LogP contribution in [0, 0.1) is 24.5 Å². The van der Waals surface area contributed by atoms with Crippen LogP contribution in [0.1, 0.15) is 23.7 Å². The summed E-state index contributed by atoms with van der Waals surface area (Å²) in [4.78, 5) is 26.4. The van der Waals surface area contributed by atoms with E-state index in [0.717, 1.165) is 17.7 Å². The summed E-state index contributed by atoms with van der Waals surface area (Å²) < 4.78 is 32.0. The van der Waals surface area contributed by atoms with E-state index in [2.05, 4.69) is 5.32 Å². The molecule has 2 unspecified atom stereocenters. The van der Waals surface area contributed by atoms with Gasteiger partial charge in [-0.15, -0.1) is 0 Å². The summed E-state index contributed by atoms with van der Waals surface area (Å²) in [6, 6.07) is 8.28. The minimum atomic E-state index is -1.33. The van der Waals surface area contributed by atoms with E-state index < -0.39 is 29.6 Å². The molecule has 0 aliphatic carbocycles. The number of hydrogen-bond acceptors (Lipinski definition) is 4. The first-order valence-electron chi connectivity index (χ1n) is 9.16. The van der Waals surface area contributed by atoms with Crippen molar-refractivity contribution in [1.29, 1.82) is 0 Å². The van der Waals surface area contributed by atoms with Crippen LogP contribution >= 0.6 is 0 Å². The fraction of sp³-hybridized carbons (Fsp3) is 0.333. The third kappa shape index (κ3) is 4.54. The van der Waals surface area contributed by atoms with Gasteiger partial charge in [0.05, 0.1) is 24.8 Å². The Morgan fingerprint density at radius 3 is 2.76 bits per heavy atom. The molecule has 2 atom stereocenters. The molecule has 0 saturated carbocycles. The van der Waals surface area contributed by atoms with Crippen LogP contribution in [0.4, 0.5) is 14.5 Å². The fourth-order valence-electron chi connectivity index (χ4n) is 3.35. The number of aliphatic hydroxyl groups excluding tert-OH is 1. The maximum absolute atomic E-state index is 13.7. The molecule has 1 aliphatic rings. The van der Waals surface area contributed by atoms with Crippen molar-refractivity contribution in [2.45, 2.75) is 19.4 Å². The number of benzene rings is 2. The summed E-state index contributed by atoms with van der Waals surface area (Å²) in [5.41, 5.74) is 1.44. The van der Waals surface area contributed by atoms with Gasteiger partial charge in [-0.3, -0.25) is 9.59 Å². The molecule has 8 heteroatoms. The number of amides is 2. The van der Waals surface area contributed by atoms with Gasteiger partial charge in [0.1, 0.15) is 17.4 Å². The molecule has 2 amide bonds. The molecule has 2 aromatic carbocycles. The molecule has 1 fully saturated rings. The van der Waals surface area contributed by atoms with Gasteiger partial charge in [0.25, 0.3) is 0 Å². The number of ether oxygens (including phenoxy) is 1. The predicted octanol–water partition coefficient (Wildman–Crippen LogP) is 2.48. The molecular formula is C21H22F2N2O4. The van der Waals surface area contributed by atoms with Crippen molar-refractivity contribution >= 4 is 17.5 Å². The Labute approximate surface area is 167 Å². The fourth-order valence-corrected chi connectivity index (χ4v) is 3.35. The van der Waals surface area contributed by atoms with Gasteiger partial charge in [0, 0.05) is 31.1 Å². The number of methoxy groups -OCH3 is 1. The number of aliphatic hydroxyl groups is 1. The first-order chi connectivity index (χ1) is 13.8. The van der Waals surface area contributed by atoms with Crippen LogP contribution in [0.3, 0.4) is 0 Å². The van der Waals surface area contributed by atoms with E-state index in [9.17, 15) is 23.5 Å². The average Bonchev–Trinajstić information content (AvgIpc) is 3.07. The highest BCUT2D eigenvalue weighted by molar-refractivity contribution is 6.01. The first kappa shape index (κ1) is 20.7. The second-order valence-electron chi connectivity index (χ2n) is 7.01. The zero-order chi connectivity index (χ0) is 21.1. The summed E-state index contributed by atoms with van der Waals surface area (Å²) in [5, 5.41) is 12.6. The van der Waals surface area contributed by atoms with E-state index in [0.29, 0.717) is 17.5 Å². The lowest BCUT2D eigenvalue weighted by molar-refractivity contribution is -0.126. The lowest BCUT2D eigenvalue weighted by Gasteiger charge is -2.20. The molecule has 0 aromatic heterocycles. The summed E-state index contributed by atoms with van der Waals surface area (Å²) in [7, 11) is 1.51. The van der Waals surface area contributed by atoms with Crippen LogP contribution in [0.5, 0.6) is 5.75 Å². The molecule has 1 saturated heterocycles. The van der Waals surface area contributed by atoms with Gasteiger partial charge in [-0.2, -0.15) is 0 Å². The minimum Gasteiger partial charge on any atom is -0.495 e. The van der Waals surface area contributed by atoms with Gasteiger partial charge in [-0.25, -0.2) is 8.78 Å². The van der Waals surface area contributed by atoms with Gasteiger partial charge < -0.3 is 20.1 Å². The summed E-state index contributed by atoms with van der Waals surface area (Å²) in [5.74, 6) is -2.35. The molecular weight excluding hydrogens is 382 g/mol. The predicted molar refractivity (Wildman–Crippen MR) is 103 cm³/mol. The Balaban J connectivity index is 1.64. The highest BCUT2D eigenvalue weighted by Gasteiger charge is 2.36. The van der Waals surface area contributed by atoms with Crippen LogP contribution in [0.25, 0.3) is 0 Å². The molecule has 2 aromatic rings. The Kier molecular flexibility index (Phi) is 6.12. The minimum absolute atomic E-state index is 0.0178. The number of hydrogen-bond donors (Lipinski definition) is 2. The van der Waals surface area contributed by atoms with Crippen molar-refractivity contribution < 1.29 is 28.2 Å². The van der Waals surface area contributed by atoms with Crippen LogP contribution in [-0.2, 0) is 9.59 Å². The van der Waals surface area contributed by atoms with Crippen molar-refractivity contribution in [2.24, 2.45) is 5.92 Å². The number of anilines is 1. The van der Waals surface area contributed by atoms with Crippen molar-refractivity contribution in [1.82, 2.24) is 5.32 Å². The molecule has 0 bridgehead atoms. The number of rotatable bonds is 6. The highest BCUT2D eigenvalue weighted by Crippen LogP contribution is 2.34. The number of carbonyl (C=O) groups excluding carboxylic acids is 2. The van der Waals surface area contributed by atoms with Gasteiger partial charge in [0.15, 0.2) is 0 Å². The van der Waals surface area contributed by atoms with E-state index in [-0.39, 0.29) is 31.0 Å². The Hall–Kier alpha value is -3.00. The molecule has 29 heavy (non-hydrogen) atoms. The third-order valence-corrected chi connectivity index (χ3v) is 4.91. The average molecular weight is 404 g/mol. The van der Waals surface area contributed by atoms with Crippen molar-refractivity contribution in [3.05, 3.63) is 59.2 Å². The molecule has 1 heterocycles. The third-order valence-electron chi connectivity index (χ3n) is 4.91. The number of nitrogens with one attached hydrogen (secondary N) is 1. The zero-order valence-corrected chi connectivity index (χ0v) is 16.1. The van der Waals surface area contributed by atoms with Gasteiger partial charge in [-0.05, 0) is 30.7 Å². The largest absolute Gasteiger partial charge is 0.495 e. The SMILES string of the molecule is COc1ccc(C)cc1N1CC(C(=O)NCC(O)c2ccc(F)cc2F)CC1=O. The summed E-state index contributed by atoms with van der Waals surface area (Å²) in [6.07, 6.45) is -1.31. The van der Waals surface area contributed by atoms with Crippen molar-refractivity contribution in [3.8, 4) is 5.75 Å². The smallest absolute Gasteiger partial charge is 0.227 e. The monoisotopic (exact) mass is 404 g/mol. The molecule has 0 spiro atoms. The van der Waals surface area contributed by atoms with Crippen LogP contribution in [0.2, 0.25) is 0 Å². The Morgan fingerprint density at radius 2 is 2.07 bits per heavy atom. The maximum atomic E-state index is 13.7. The first-order valence-corrected chi connectivity index (χ1v) is 9.16. The van der Waals surface area contributed by atoms with Gasteiger partial charge in [-0.1, -0.05) is 12.1 Å². The van der Waals surface area contributed by atoms with Crippen molar-refractivity contribution in [3.63, 3.8) is 0 Å². The normalized spacial score (nSPS) is 17.3. The second kappa shape index (κ2) is 8.57. The highest BCUT2D eigenvalue weighted by atomic mass is 19.1. The number of aryl methyl sites for hydroxylation is 1. The standard InChI is InChI=1S/C21H22F2N2O4/c1-12-3-6-19(29-2)17(7-12)25-11-13(8-20(25)27)21(28)24-10-18(26)15-5-4-14(22)9-16(15)23/h3-7,9,13,18,26H,8,10-11H2,1-2H3,(H,24,28). The lowest BCUT2D eigenvalue weighted by Crippen LogP contribution is -2.35. The molecule has 0 radical (unpaired) electrons. The van der Waals surface area contributed by atoms with E-state index in [1.54, 1.807) is 6.07 Å². The topological polar surface area (TPSA) is 78.9 Å². The van der Waals surface area contributed by atoms with E-state index in [1.807, 2.05) is 19.1 Å². The molecule has 2 N–H and O–H groups in total. The Bertz CT molecular complexity index is 935.